The Morgan fingerprint density at radius 3 is 2.48 bits per heavy atom. The van der Waals surface area contributed by atoms with Crippen molar-refractivity contribution in [2.75, 3.05) is 5.32 Å². The molecule has 1 aromatic heterocycles. The van der Waals surface area contributed by atoms with E-state index in [-0.39, 0.29) is 11.4 Å². The minimum absolute atomic E-state index is 0.0204. The Hall–Kier alpha value is -3.09. The molecule has 1 N–H and O–H groups in total. The minimum Gasteiger partial charge on any atom is -0.355 e. The van der Waals surface area contributed by atoms with Gasteiger partial charge in [-0.15, -0.1) is 0 Å². The van der Waals surface area contributed by atoms with E-state index in [1.807, 2.05) is 31.2 Å². The molecule has 0 aliphatic carbocycles. The van der Waals surface area contributed by atoms with Crippen LogP contribution in [-0.2, 0) is 6.18 Å². The predicted octanol–water partition coefficient (Wildman–Crippen LogP) is 4.92. The molecule has 3 rings (SSSR count). The number of aryl methyl sites for hydroxylation is 1. The van der Waals surface area contributed by atoms with Crippen molar-refractivity contribution >= 4 is 11.6 Å². The highest BCUT2D eigenvalue weighted by Crippen LogP contribution is 2.30. The third-order valence-electron chi connectivity index (χ3n) is 3.53. The van der Waals surface area contributed by atoms with Gasteiger partial charge in [0.25, 0.3) is 5.91 Å². The summed E-state index contributed by atoms with van der Waals surface area (Å²) in [5, 5.41) is 6.06. The van der Waals surface area contributed by atoms with Gasteiger partial charge in [-0.3, -0.25) is 4.79 Å². The van der Waals surface area contributed by atoms with Crippen LogP contribution in [-0.4, -0.2) is 11.1 Å². The van der Waals surface area contributed by atoms with E-state index in [9.17, 15) is 18.0 Å². The molecule has 0 aliphatic heterocycles. The van der Waals surface area contributed by atoms with Gasteiger partial charge in [-0.25, -0.2) is 0 Å². The molecular weight excluding hydrogens is 333 g/mol. The van der Waals surface area contributed by atoms with Gasteiger partial charge < -0.3 is 9.84 Å². The van der Waals surface area contributed by atoms with Gasteiger partial charge in [-0.05, 0) is 25.1 Å². The Labute approximate surface area is 141 Å². The monoisotopic (exact) mass is 346 g/mol. The summed E-state index contributed by atoms with van der Waals surface area (Å²) in [5.74, 6) is -0.254. The number of hydrogen-bond acceptors (Lipinski definition) is 3. The molecule has 2 aromatic carbocycles. The van der Waals surface area contributed by atoms with Gasteiger partial charge in [0, 0.05) is 17.3 Å². The number of hydrogen-bond donors (Lipinski definition) is 1. The Bertz CT molecular complexity index is 899. The number of rotatable bonds is 3. The molecule has 3 aromatic rings. The standard InChI is InChI=1S/C18H13F3N2O2/c1-11-5-7-12(8-6-11)16-10-15(23-25-16)17(24)22-14-4-2-3-13(9-14)18(19,20)21/h2-10H,1H3,(H,22,24). The van der Waals surface area contributed by atoms with Gasteiger partial charge in [0.1, 0.15) is 0 Å². The number of carbonyl (C=O) groups is 1. The van der Waals surface area contributed by atoms with E-state index >= 15 is 0 Å². The molecule has 4 nitrogen and oxygen atoms in total. The Morgan fingerprint density at radius 1 is 1.08 bits per heavy atom. The van der Waals surface area contributed by atoms with Crippen LogP contribution in [0, 0.1) is 6.92 Å². The molecule has 0 unspecified atom stereocenters. The zero-order chi connectivity index (χ0) is 18.0. The van der Waals surface area contributed by atoms with Crippen LogP contribution < -0.4 is 5.32 Å². The number of nitrogens with zero attached hydrogens (tertiary/aromatic N) is 1. The molecule has 0 atom stereocenters. The van der Waals surface area contributed by atoms with Crippen molar-refractivity contribution in [1.82, 2.24) is 5.16 Å². The topological polar surface area (TPSA) is 55.1 Å². The molecule has 1 heterocycles. The number of halogens is 3. The highest BCUT2D eigenvalue weighted by molar-refractivity contribution is 6.03. The van der Waals surface area contributed by atoms with E-state index in [0.29, 0.717) is 5.76 Å². The number of anilines is 1. The quantitative estimate of drug-likeness (QED) is 0.732. The number of alkyl halides is 3. The summed E-state index contributed by atoms with van der Waals surface area (Å²) in [4.78, 5) is 12.2. The lowest BCUT2D eigenvalue weighted by atomic mass is 10.1. The highest BCUT2D eigenvalue weighted by Gasteiger charge is 2.30. The lowest BCUT2D eigenvalue weighted by molar-refractivity contribution is -0.137. The Morgan fingerprint density at radius 2 is 1.80 bits per heavy atom. The van der Waals surface area contributed by atoms with Crippen LogP contribution in [0.25, 0.3) is 11.3 Å². The summed E-state index contributed by atoms with van der Waals surface area (Å²) in [6, 6.07) is 13.2. The maximum Gasteiger partial charge on any atom is 0.416 e. The molecule has 0 radical (unpaired) electrons. The molecule has 1 amide bonds. The van der Waals surface area contributed by atoms with Crippen molar-refractivity contribution in [2.24, 2.45) is 0 Å². The summed E-state index contributed by atoms with van der Waals surface area (Å²) in [5.41, 5.74) is 0.987. The van der Waals surface area contributed by atoms with E-state index in [2.05, 4.69) is 10.5 Å². The van der Waals surface area contributed by atoms with E-state index in [4.69, 9.17) is 4.52 Å². The maximum atomic E-state index is 12.7. The zero-order valence-corrected chi connectivity index (χ0v) is 13.1. The van der Waals surface area contributed by atoms with Crippen molar-refractivity contribution in [3.8, 4) is 11.3 Å². The largest absolute Gasteiger partial charge is 0.416 e. The van der Waals surface area contributed by atoms with Crippen LogP contribution in [0.5, 0.6) is 0 Å². The molecule has 0 saturated heterocycles. The number of aromatic nitrogens is 1. The normalized spacial score (nSPS) is 11.4. The van der Waals surface area contributed by atoms with Crippen molar-refractivity contribution in [1.29, 1.82) is 0 Å². The fraction of sp³-hybridized carbons (Fsp3) is 0.111. The molecule has 7 heteroatoms. The van der Waals surface area contributed by atoms with Crippen LogP contribution in [0.4, 0.5) is 18.9 Å². The number of amides is 1. The predicted molar refractivity (Wildman–Crippen MR) is 86.1 cm³/mol. The Balaban J connectivity index is 1.77. The van der Waals surface area contributed by atoms with E-state index in [1.165, 1.54) is 18.2 Å². The lowest BCUT2D eigenvalue weighted by Crippen LogP contribution is -2.13. The second kappa shape index (κ2) is 6.43. The highest BCUT2D eigenvalue weighted by atomic mass is 19.4. The third kappa shape index (κ3) is 3.88. The second-order valence-corrected chi connectivity index (χ2v) is 5.48. The average Bonchev–Trinajstić information content (AvgIpc) is 3.05. The second-order valence-electron chi connectivity index (χ2n) is 5.48. The van der Waals surface area contributed by atoms with Gasteiger partial charge in [0.05, 0.1) is 5.56 Å². The summed E-state index contributed by atoms with van der Waals surface area (Å²) >= 11 is 0. The van der Waals surface area contributed by atoms with Crippen molar-refractivity contribution in [3.05, 3.63) is 71.4 Å². The summed E-state index contributed by atoms with van der Waals surface area (Å²) in [6.45, 7) is 1.94. The van der Waals surface area contributed by atoms with Crippen LogP contribution in [0.15, 0.2) is 59.1 Å². The first-order valence-electron chi connectivity index (χ1n) is 7.35. The summed E-state index contributed by atoms with van der Waals surface area (Å²) in [6.07, 6.45) is -4.48. The van der Waals surface area contributed by atoms with Gasteiger partial charge in [-0.2, -0.15) is 13.2 Å². The fourth-order valence-corrected chi connectivity index (χ4v) is 2.20. The maximum absolute atomic E-state index is 12.7. The molecule has 0 fully saturated rings. The molecule has 128 valence electrons. The first-order valence-corrected chi connectivity index (χ1v) is 7.35. The first-order chi connectivity index (χ1) is 11.8. The summed E-state index contributed by atoms with van der Waals surface area (Å²) < 4.78 is 43.3. The zero-order valence-electron chi connectivity index (χ0n) is 13.1. The SMILES string of the molecule is Cc1ccc(-c2cc(C(=O)Nc3cccc(C(F)(F)F)c3)no2)cc1. The molecule has 0 saturated carbocycles. The van der Waals surface area contributed by atoms with Crippen molar-refractivity contribution < 1.29 is 22.5 Å². The smallest absolute Gasteiger partial charge is 0.355 e. The van der Waals surface area contributed by atoms with Crippen LogP contribution in [0.3, 0.4) is 0 Å². The summed E-state index contributed by atoms with van der Waals surface area (Å²) in [7, 11) is 0. The van der Waals surface area contributed by atoms with Gasteiger partial charge in [0.15, 0.2) is 11.5 Å². The van der Waals surface area contributed by atoms with Crippen LogP contribution in [0.2, 0.25) is 0 Å². The Kier molecular flexibility index (Phi) is 4.31. The van der Waals surface area contributed by atoms with E-state index in [1.54, 1.807) is 0 Å². The van der Waals surface area contributed by atoms with Crippen LogP contribution in [0.1, 0.15) is 21.6 Å². The first kappa shape index (κ1) is 16.8. The number of benzene rings is 2. The lowest BCUT2D eigenvalue weighted by Gasteiger charge is -2.08. The van der Waals surface area contributed by atoms with Crippen molar-refractivity contribution in [2.45, 2.75) is 13.1 Å². The van der Waals surface area contributed by atoms with Gasteiger partial charge in [0.2, 0.25) is 0 Å². The van der Waals surface area contributed by atoms with Gasteiger partial charge in [-0.1, -0.05) is 41.1 Å². The number of nitrogens with one attached hydrogen (secondary N) is 1. The molecule has 0 spiro atoms. The molecule has 0 aliphatic rings. The van der Waals surface area contributed by atoms with Gasteiger partial charge >= 0.3 is 6.18 Å². The minimum atomic E-state index is -4.48. The third-order valence-corrected chi connectivity index (χ3v) is 3.53. The van der Waals surface area contributed by atoms with E-state index in [0.717, 1.165) is 23.3 Å². The molecule has 25 heavy (non-hydrogen) atoms. The van der Waals surface area contributed by atoms with Crippen molar-refractivity contribution in [3.63, 3.8) is 0 Å². The fourth-order valence-electron chi connectivity index (χ4n) is 2.20. The number of carbonyl (C=O) groups excluding carboxylic acids is 1. The molecule has 0 bridgehead atoms. The molecular formula is C18H13F3N2O2. The average molecular weight is 346 g/mol. The van der Waals surface area contributed by atoms with Crippen LogP contribution >= 0.6 is 0 Å². The van der Waals surface area contributed by atoms with E-state index < -0.39 is 17.6 Å².